The SMILES string of the molecule is CCC1COC(C(C)(C)C(O)(COc2ccc(Cl)cc2)Cn2cncn2)O1. The molecule has 1 saturated heterocycles. The Morgan fingerprint density at radius 1 is 1.33 bits per heavy atom. The third-order valence-electron chi connectivity index (χ3n) is 5.17. The molecule has 8 heteroatoms. The number of benzene rings is 1. The van der Waals surface area contributed by atoms with Crippen molar-refractivity contribution in [2.75, 3.05) is 13.2 Å². The van der Waals surface area contributed by atoms with Gasteiger partial charge in [0.15, 0.2) is 6.29 Å². The zero-order valence-electron chi connectivity index (χ0n) is 15.8. The molecule has 2 heterocycles. The largest absolute Gasteiger partial charge is 0.490 e. The molecule has 27 heavy (non-hydrogen) atoms. The lowest BCUT2D eigenvalue weighted by Crippen LogP contribution is -2.58. The van der Waals surface area contributed by atoms with Crippen LogP contribution in [0.25, 0.3) is 0 Å². The summed E-state index contributed by atoms with van der Waals surface area (Å²) in [4.78, 5) is 3.96. The molecule has 1 aromatic heterocycles. The van der Waals surface area contributed by atoms with E-state index in [1.807, 2.05) is 13.8 Å². The molecule has 1 N–H and O–H groups in total. The lowest BCUT2D eigenvalue weighted by atomic mass is 9.74. The average Bonchev–Trinajstić information content (AvgIpc) is 3.33. The van der Waals surface area contributed by atoms with Gasteiger partial charge in [0.05, 0.1) is 19.3 Å². The van der Waals surface area contributed by atoms with Crippen LogP contribution in [0.4, 0.5) is 0 Å². The summed E-state index contributed by atoms with van der Waals surface area (Å²) in [5.74, 6) is 0.618. The number of halogens is 1. The summed E-state index contributed by atoms with van der Waals surface area (Å²) in [7, 11) is 0. The van der Waals surface area contributed by atoms with Crippen LogP contribution in [0.3, 0.4) is 0 Å². The van der Waals surface area contributed by atoms with Crippen molar-refractivity contribution >= 4 is 11.6 Å². The number of hydrogen-bond donors (Lipinski definition) is 1. The van der Waals surface area contributed by atoms with E-state index in [2.05, 4.69) is 17.0 Å². The summed E-state index contributed by atoms with van der Waals surface area (Å²) < 4.78 is 19.3. The van der Waals surface area contributed by atoms with Crippen molar-refractivity contribution in [2.24, 2.45) is 5.41 Å². The average molecular weight is 396 g/mol. The molecule has 148 valence electrons. The van der Waals surface area contributed by atoms with E-state index in [4.69, 9.17) is 25.8 Å². The van der Waals surface area contributed by atoms with E-state index in [-0.39, 0.29) is 19.3 Å². The van der Waals surface area contributed by atoms with Crippen LogP contribution < -0.4 is 4.74 Å². The molecule has 0 saturated carbocycles. The fourth-order valence-electron chi connectivity index (χ4n) is 3.01. The van der Waals surface area contributed by atoms with Crippen LogP contribution in [0.5, 0.6) is 5.75 Å². The van der Waals surface area contributed by atoms with Crippen molar-refractivity contribution in [1.29, 1.82) is 0 Å². The molecule has 0 aliphatic carbocycles. The van der Waals surface area contributed by atoms with E-state index in [0.717, 1.165) is 6.42 Å². The van der Waals surface area contributed by atoms with E-state index < -0.39 is 17.3 Å². The Balaban J connectivity index is 1.81. The Labute approximate surface area is 164 Å². The van der Waals surface area contributed by atoms with Gasteiger partial charge in [-0.25, -0.2) is 9.67 Å². The maximum Gasteiger partial charge on any atom is 0.166 e. The van der Waals surface area contributed by atoms with Gasteiger partial charge in [-0.05, 0) is 30.7 Å². The van der Waals surface area contributed by atoms with E-state index in [0.29, 0.717) is 17.4 Å². The number of aliphatic hydroxyl groups is 1. The second-order valence-corrected chi connectivity index (χ2v) is 7.86. The van der Waals surface area contributed by atoms with E-state index in [1.54, 1.807) is 35.3 Å². The van der Waals surface area contributed by atoms with Crippen molar-refractivity contribution in [3.8, 4) is 5.75 Å². The lowest BCUT2D eigenvalue weighted by Gasteiger charge is -2.44. The van der Waals surface area contributed by atoms with Crippen LogP contribution >= 0.6 is 11.6 Å². The highest BCUT2D eigenvalue weighted by Crippen LogP contribution is 2.41. The zero-order valence-corrected chi connectivity index (χ0v) is 16.6. The van der Waals surface area contributed by atoms with Gasteiger partial charge in [-0.3, -0.25) is 0 Å². The smallest absolute Gasteiger partial charge is 0.166 e. The highest BCUT2D eigenvalue weighted by Gasteiger charge is 2.53. The summed E-state index contributed by atoms with van der Waals surface area (Å²) >= 11 is 5.93. The number of aromatic nitrogens is 3. The molecule has 0 spiro atoms. The number of ether oxygens (including phenoxy) is 3. The van der Waals surface area contributed by atoms with Crippen LogP contribution in [-0.4, -0.2) is 51.1 Å². The molecule has 1 aromatic carbocycles. The second-order valence-electron chi connectivity index (χ2n) is 7.42. The third kappa shape index (κ3) is 4.43. The Bertz CT molecular complexity index is 723. The topological polar surface area (TPSA) is 78.6 Å². The summed E-state index contributed by atoms with van der Waals surface area (Å²) in [5.41, 5.74) is -2.09. The minimum absolute atomic E-state index is 0.0293. The minimum atomic E-state index is -1.33. The first-order valence-corrected chi connectivity index (χ1v) is 9.42. The van der Waals surface area contributed by atoms with Crippen LogP contribution in [0.15, 0.2) is 36.9 Å². The Morgan fingerprint density at radius 2 is 2.07 bits per heavy atom. The van der Waals surface area contributed by atoms with Crippen molar-refractivity contribution in [3.05, 3.63) is 41.9 Å². The highest BCUT2D eigenvalue weighted by molar-refractivity contribution is 6.30. The molecule has 2 aromatic rings. The summed E-state index contributed by atoms with van der Waals surface area (Å²) in [6.07, 6.45) is 3.33. The Hall–Kier alpha value is -1.67. The normalized spacial score (nSPS) is 22.6. The van der Waals surface area contributed by atoms with Gasteiger partial charge in [0, 0.05) is 10.4 Å². The highest BCUT2D eigenvalue weighted by atomic mass is 35.5. The Kier molecular flexibility index (Phi) is 6.05. The number of rotatable bonds is 8. The van der Waals surface area contributed by atoms with Crippen LogP contribution in [0, 0.1) is 5.41 Å². The Morgan fingerprint density at radius 3 is 2.67 bits per heavy atom. The van der Waals surface area contributed by atoms with Crippen LogP contribution in [-0.2, 0) is 16.0 Å². The minimum Gasteiger partial charge on any atom is -0.490 e. The predicted molar refractivity (Wildman–Crippen MR) is 101 cm³/mol. The van der Waals surface area contributed by atoms with Crippen LogP contribution in [0.1, 0.15) is 27.2 Å². The molecule has 3 atom stereocenters. The second kappa shape index (κ2) is 8.14. The molecule has 0 radical (unpaired) electrons. The van der Waals surface area contributed by atoms with Gasteiger partial charge < -0.3 is 19.3 Å². The van der Waals surface area contributed by atoms with Crippen LogP contribution in [0.2, 0.25) is 5.02 Å². The maximum atomic E-state index is 11.6. The first-order chi connectivity index (χ1) is 12.8. The van der Waals surface area contributed by atoms with Crippen molar-refractivity contribution in [3.63, 3.8) is 0 Å². The molecule has 7 nitrogen and oxygen atoms in total. The van der Waals surface area contributed by atoms with Gasteiger partial charge in [-0.15, -0.1) is 0 Å². The summed E-state index contributed by atoms with van der Waals surface area (Å²) in [6, 6.07) is 7.02. The predicted octanol–water partition coefficient (Wildman–Crippen LogP) is 2.92. The molecular weight excluding hydrogens is 370 g/mol. The van der Waals surface area contributed by atoms with Gasteiger partial charge in [-0.1, -0.05) is 32.4 Å². The van der Waals surface area contributed by atoms with E-state index in [9.17, 15) is 5.11 Å². The summed E-state index contributed by atoms with van der Waals surface area (Å²) in [6.45, 7) is 6.61. The van der Waals surface area contributed by atoms with Crippen molar-refractivity contribution < 1.29 is 19.3 Å². The molecule has 3 unspecified atom stereocenters. The third-order valence-corrected chi connectivity index (χ3v) is 5.43. The molecule has 0 amide bonds. The van der Waals surface area contributed by atoms with Crippen molar-refractivity contribution in [1.82, 2.24) is 14.8 Å². The molecular formula is C19H26ClN3O4. The van der Waals surface area contributed by atoms with Gasteiger partial charge in [-0.2, -0.15) is 5.10 Å². The maximum absolute atomic E-state index is 11.6. The molecule has 1 fully saturated rings. The molecule has 3 rings (SSSR count). The molecule has 1 aliphatic rings. The van der Waals surface area contributed by atoms with Gasteiger partial charge in [0.1, 0.15) is 30.6 Å². The first kappa shape index (κ1) is 20.1. The molecule has 1 aliphatic heterocycles. The van der Waals surface area contributed by atoms with Gasteiger partial charge in [0.2, 0.25) is 0 Å². The van der Waals surface area contributed by atoms with E-state index in [1.165, 1.54) is 6.33 Å². The fourth-order valence-corrected chi connectivity index (χ4v) is 3.14. The van der Waals surface area contributed by atoms with Crippen molar-refractivity contribution in [2.45, 2.75) is 51.7 Å². The fraction of sp³-hybridized carbons (Fsp3) is 0.579. The number of nitrogens with zero attached hydrogens (tertiary/aromatic N) is 3. The van der Waals surface area contributed by atoms with Gasteiger partial charge >= 0.3 is 0 Å². The van der Waals surface area contributed by atoms with E-state index >= 15 is 0 Å². The van der Waals surface area contributed by atoms with Gasteiger partial charge in [0.25, 0.3) is 0 Å². The monoisotopic (exact) mass is 395 g/mol. The zero-order chi connectivity index (χ0) is 19.5. The lowest BCUT2D eigenvalue weighted by molar-refractivity contribution is -0.220. The standard InChI is InChI=1S/C19H26ClN3O4/c1-4-15-9-25-17(27-15)18(2,3)19(24,10-23-13-21-12-22-23)11-26-16-7-5-14(20)6-8-16/h5-8,12-13,15,17,24H,4,9-11H2,1-3H3. The number of hydrogen-bond acceptors (Lipinski definition) is 6. The molecule has 0 bridgehead atoms. The summed E-state index contributed by atoms with van der Waals surface area (Å²) in [5, 5.41) is 16.4. The quantitative estimate of drug-likeness (QED) is 0.740. The first-order valence-electron chi connectivity index (χ1n) is 9.04.